The van der Waals surface area contributed by atoms with Crippen LogP contribution in [0.3, 0.4) is 0 Å². The molecule has 2 N–H and O–H groups in total. The van der Waals surface area contributed by atoms with E-state index in [2.05, 4.69) is 10.6 Å². The SMILES string of the molecule is CCOC(=O)c1c(NC(=O)CSc2cccc(NC(=O)CC(C)(C)C)c2)sc2c1CCN(C(C)=O)C2. The number of fused-ring (bicyclic) bond motifs is 1. The Morgan fingerprint density at radius 1 is 1.14 bits per heavy atom. The van der Waals surface area contributed by atoms with Crippen LogP contribution in [-0.2, 0) is 32.1 Å². The highest BCUT2D eigenvalue weighted by Gasteiger charge is 2.30. The number of ether oxygens (including phenoxy) is 1. The van der Waals surface area contributed by atoms with Gasteiger partial charge in [0.2, 0.25) is 17.7 Å². The lowest BCUT2D eigenvalue weighted by Crippen LogP contribution is -2.34. The molecule has 1 aromatic carbocycles. The highest BCUT2D eigenvalue weighted by atomic mass is 32.2. The molecule has 0 unspecified atom stereocenters. The van der Waals surface area contributed by atoms with Crippen molar-refractivity contribution in [3.63, 3.8) is 0 Å². The summed E-state index contributed by atoms with van der Waals surface area (Å²) < 4.78 is 5.25. The number of amides is 3. The Balaban J connectivity index is 1.67. The van der Waals surface area contributed by atoms with E-state index in [1.54, 1.807) is 11.8 Å². The van der Waals surface area contributed by atoms with Gasteiger partial charge >= 0.3 is 5.97 Å². The van der Waals surface area contributed by atoms with E-state index in [0.29, 0.717) is 42.2 Å². The number of esters is 1. The molecule has 194 valence electrons. The van der Waals surface area contributed by atoms with Crippen LogP contribution < -0.4 is 10.6 Å². The molecule has 8 nitrogen and oxygen atoms in total. The van der Waals surface area contributed by atoms with Gasteiger partial charge in [-0.25, -0.2) is 4.79 Å². The lowest BCUT2D eigenvalue weighted by atomic mass is 9.92. The van der Waals surface area contributed by atoms with Crippen molar-refractivity contribution in [3.8, 4) is 0 Å². The van der Waals surface area contributed by atoms with Crippen LogP contribution in [0.5, 0.6) is 0 Å². The summed E-state index contributed by atoms with van der Waals surface area (Å²) in [7, 11) is 0. The van der Waals surface area contributed by atoms with Gasteiger partial charge in [0, 0.05) is 35.3 Å². The van der Waals surface area contributed by atoms with Gasteiger partial charge in [-0.15, -0.1) is 23.1 Å². The fraction of sp³-hybridized carbons (Fsp3) is 0.462. The number of benzene rings is 1. The smallest absolute Gasteiger partial charge is 0.341 e. The normalized spacial score (nSPS) is 13.1. The van der Waals surface area contributed by atoms with Crippen molar-refractivity contribution >= 4 is 57.5 Å². The minimum Gasteiger partial charge on any atom is -0.462 e. The second kappa shape index (κ2) is 11.9. The second-order valence-corrected chi connectivity index (χ2v) is 11.9. The number of anilines is 2. The Hall–Kier alpha value is -2.85. The minimum atomic E-state index is -0.465. The number of carbonyl (C=O) groups is 4. The Kier molecular flexibility index (Phi) is 9.19. The average molecular weight is 532 g/mol. The van der Waals surface area contributed by atoms with E-state index in [4.69, 9.17) is 4.74 Å². The summed E-state index contributed by atoms with van der Waals surface area (Å²) in [5.41, 5.74) is 1.81. The molecule has 10 heteroatoms. The monoisotopic (exact) mass is 531 g/mol. The number of hydrogen-bond donors (Lipinski definition) is 2. The van der Waals surface area contributed by atoms with Crippen molar-refractivity contribution in [2.75, 3.05) is 29.5 Å². The summed E-state index contributed by atoms with van der Waals surface area (Å²) in [6.45, 7) is 10.5. The lowest BCUT2D eigenvalue weighted by Gasteiger charge is -2.25. The zero-order valence-corrected chi connectivity index (χ0v) is 23.0. The van der Waals surface area contributed by atoms with Crippen molar-refractivity contribution in [1.82, 2.24) is 4.90 Å². The number of carbonyl (C=O) groups excluding carboxylic acids is 4. The van der Waals surface area contributed by atoms with Crippen LogP contribution in [0.4, 0.5) is 10.7 Å². The summed E-state index contributed by atoms with van der Waals surface area (Å²) >= 11 is 2.66. The first-order chi connectivity index (χ1) is 17.0. The van der Waals surface area contributed by atoms with Gasteiger partial charge in [-0.3, -0.25) is 14.4 Å². The van der Waals surface area contributed by atoms with Crippen molar-refractivity contribution in [1.29, 1.82) is 0 Å². The molecular formula is C26H33N3O5S2. The van der Waals surface area contributed by atoms with Crippen LogP contribution in [0.2, 0.25) is 0 Å². The number of nitrogens with zero attached hydrogens (tertiary/aromatic N) is 1. The highest BCUT2D eigenvalue weighted by molar-refractivity contribution is 8.00. The zero-order valence-electron chi connectivity index (χ0n) is 21.4. The molecule has 0 radical (unpaired) electrons. The van der Waals surface area contributed by atoms with Gasteiger partial charge in [0.25, 0.3) is 0 Å². The Bertz CT molecular complexity index is 1150. The minimum absolute atomic E-state index is 0.0226. The molecule has 2 heterocycles. The van der Waals surface area contributed by atoms with Gasteiger partial charge in [0.05, 0.1) is 24.5 Å². The molecule has 0 saturated heterocycles. The van der Waals surface area contributed by atoms with Gasteiger partial charge in [-0.2, -0.15) is 0 Å². The van der Waals surface area contributed by atoms with Crippen LogP contribution in [0.15, 0.2) is 29.2 Å². The van der Waals surface area contributed by atoms with Gasteiger partial charge in [-0.1, -0.05) is 26.8 Å². The number of hydrogen-bond acceptors (Lipinski definition) is 7. The summed E-state index contributed by atoms with van der Waals surface area (Å²) in [4.78, 5) is 53.0. The quantitative estimate of drug-likeness (QED) is 0.370. The number of thioether (sulfide) groups is 1. The molecule has 1 aliphatic rings. The standard InChI is InChI=1S/C26H33N3O5S2/c1-6-34-25(33)23-19-10-11-29(16(2)30)14-20(19)36-24(23)28-22(32)15-35-18-9-7-8-17(12-18)27-21(31)13-26(3,4)5/h7-9,12H,6,10-11,13-15H2,1-5H3,(H,27,31)(H,28,32). The molecule has 36 heavy (non-hydrogen) atoms. The fourth-order valence-electron chi connectivity index (χ4n) is 3.84. The number of nitrogens with one attached hydrogen (secondary N) is 2. The first-order valence-electron chi connectivity index (χ1n) is 11.9. The molecule has 0 saturated carbocycles. The average Bonchev–Trinajstić information content (AvgIpc) is 3.13. The molecule has 1 aliphatic heterocycles. The van der Waals surface area contributed by atoms with Gasteiger partial charge < -0.3 is 20.3 Å². The zero-order chi connectivity index (χ0) is 26.5. The number of thiophene rings is 1. The molecule has 2 aromatic rings. The molecule has 0 aliphatic carbocycles. The first-order valence-corrected chi connectivity index (χ1v) is 13.7. The predicted octanol–water partition coefficient (Wildman–Crippen LogP) is 4.93. The fourth-order valence-corrected chi connectivity index (χ4v) is 5.86. The molecule has 0 spiro atoms. The second-order valence-electron chi connectivity index (χ2n) is 9.77. The van der Waals surface area contributed by atoms with E-state index in [1.807, 2.05) is 45.0 Å². The third-order valence-electron chi connectivity index (χ3n) is 5.41. The first kappa shape index (κ1) is 27.7. The van der Waals surface area contributed by atoms with Gasteiger partial charge in [0.15, 0.2) is 0 Å². The van der Waals surface area contributed by atoms with Crippen molar-refractivity contribution < 1.29 is 23.9 Å². The largest absolute Gasteiger partial charge is 0.462 e. The van der Waals surface area contributed by atoms with E-state index in [-0.39, 0.29) is 35.5 Å². The van der Waals surface area contributed by atoms with Crippen molar-refractivity contribution in [3.05, 3.63) is 40.3 Å². The third kappa shape index (κ3) is 7.57. The Labute approximate surface area is 220 Å². The van der Waals surface area contributed by atoms with Crippen molar-refractivity contribution in [2.45, 2.75) is 58.9 Å². The molecule has 3 amide bonds. The van der Waals surface area contributed by atoms with Crippen LogP contribution >= 0.6 is 23.1 Å². The van der Waals surface area contributed by atoms with E-state index >= 15 is 0 Å². The number of rotatable bonds is 8. The van der Waals surface area contributed by atoms with E-state index in [0.717, 1.165) is 15.3 Å². The Morgan fingerprint density at radius 2 is 1.89 bits per heavy atom. The lowest BCUT2D eigenvalue weighted by molar-refractivity contribution is -0.129. The van der Waals surface area contributed by atoms with Gasteiger partial charge in [-0.05, 0) is 42.5 Å². The maximum absolute atomic E-state index is 12.8. The summed E-state index contributed by atoms with van der Waals surface area (Å²) in [6.07, 6.45) is 0.947. The molecule has 0 atom stereocenters. The van der Waals surface area contributed by atoms with E-state index in [1.165, 1.54) is 30.0 Å². The van der Waals surface area contributed by atoms with Crippen LogP contribution in [0, 0.1) is 5.41 Å². The maximum atomic E-state index is 12.8. The van der Waals surface area contributed by atoms with Crippen LogP contribution in [-0.4, -0.2) is 47.5 Å². The molecule has 0 bridgehead atoms. The Morgan fingerprint density at radius 3 is 2.56 bits per heavy atom. The van der Waals surface area contributed by atoms with Crippen LogP contribution in [0.1, 0.15) is 61.8 Å². The maximum Gasteiger partial charge on any atom is 0.341 e. The van der Waals surface area contributed by atoms with Crippen LogP contribution in [0.25, 0.3) is 0 Å². The predicted molar refractivity (Wildman–Crippen MR) is 144 cm³/mol. The molecule has 3 rings (SSSR count). The van der Waals surface area contributed by atoms with Crippen molar-refractivity contribution in [2.24, 2.45) is 5.41 Å². The summed E-state index contributed by atoms with van der Waals surface area (Å²) in [5.74, 6) is -0.670. The van der Waals surface area contributed by atoms with E-state index in [9.17, 15) is 19.2 Å². The molecule has 0 fully saturated rings. The third-order valence-corrected chi connectivity index (χ3v) is 7.54. The molecule has 1 aromatic heterocycles. The highest BCUT2D eigenvalue weighted by Crippen LogP contribution is 2.38. The summed E-state index contributed by atoms with van der Waals surface area (Å²) in [5, 5.41) is 6.24. The topological polar surface area (TPSA) is 105 Å². The van der Waals surface area contributed by atoms with Gasteiger partial charge in [0.1, 0.15) is 5.00 Å². The molecular weight excluding hydrogens is 498 g/mol. The van der Waals surface area contributed by atoms with E-state index < -0.39 is 5.97 Å². The summed E-state index contributed by atoms with van der Waals surface area (Å²) in [6, 6.07) is 7.36.